The highest BCUT2D eigenvalue weighted by Crippen LogP contribution is 2.61. The SMILES string of the molecule is c1ccc(-c2ccc(CC(c3ccc(-c4ccccc4)cc3)c3ccc(-c4ccc5c(c4)c4ccccc4n5-c4ccccc4)c4c3-c3ccccc3C4(c3ccccc3)c3ccccc3)cc2)cc1. The van der Waals surface area contributed by atoms with Crippen molar-refractivity contribution in [3.05, 3.63) is 318 Å². The molecule has 0 spiro atoms. The van der Waals surface area contributed by atoms with Crippen LogP contribution in [0.5, 0.6) is 0 Å². The number of para-hydroxylation sites is 2. The molecule has 1 nitrogen and oxygen atoms in total. The summed E-state index contributed by atoms with van der Waals surface area (Å²) in [5.74, 6) is 0.0388. The van der Waals surface area contributed by atoms with Crippen LogP contribution in [0.3, 0.4) is 0 Å². The summed E-state index contributed by atoms with van der Waals surface area (Å²) in [6.45, 7) is 0. The highest BCUT2D eigenvalue weighted by Gasteiger charge is 2.49. The molecular weight excluding hydrogens is 843 g/mol. The average Bonchev–Trinajstić information content (AvgIpc) is 3.95. The molecule has 0 fully saturated rings. The molecule has 12 aromatic rings. The lowest BCUT2D eigenvalue weighted by Gasteiger charge is -2.36. The minimum Gasteiger partial charge on any atom is -0.309 e. The molecule has 0 bridgehead atoms. The molecule has 0 radical (unpaired) electrons. The third-order valence-corrected chi connectivity index (χ3v) is 14.9. The van der Waals surface area contributed by atoms with Crippen LogP contribution in [0.2, 0.25) is 0 Å². The van der Waals surface area contributed by atoms with Gasteiger partial charge in [-0.05, 0) is 120 Å². The molecule has 1 aliphatic rings. The maximum atomic E-state index is 2.47. The maximum absolute atomic E-state index is 2.47. The van der Waals surface area contributed by atoms with E-state index in [9.17, 15) is 0 Å². The molecule has 330 valence electrons. The second-order valence-electron chi connectivity index (χ2n) is 18.7. The van der Waals surface area contributed by atoms with Crippen molar-refractivity contribution in [2.24, 2.45) is 0 Å². The average molecular weight is 892 g/mol. The van der Waals surface area contributed by atoms with Crippen LogP contribution in [-0.2, 0) is 11.8 Å². The Morgan fingerprint density at radius 2 is 0.857 bits per heavy atom. The Kier molecular flexibility index (Phi) is 10.3. The number of hydrogen-bond acceptors (Lipinski definition) is 0. The van der Waals surface area contributed by atoms with Crippen LogP contribution in [0.4, 0.5) is 0 Å². The van der Waals surface area contributed by atoms with Crippen LogP contribution in [-0.4, -0.2) is 4.57 Å². The number of hydrogen-bond donors (Lipinski definition) is 0. The molecule has 0 saturated heterocycles. The van der Waals surface area contributed by atoms with Crippen molar-refractivity contribution >= 4 is 21.8 Å². The number of nitrogens with zero attached hydrogens (tertiary/aromatic N) is 1. The second-order valence-corrected chi connectivity index (χ2v) is 18.7. The fourth-order valence-electron chi connectivity index (χ4n) is 11.8. The molecular formula is C69H49N. The zero-order valence-corrected chi connectivity index (χ0v) is 38.8. The van der Waals surface area contributed by atoms with Crippen molar-refractivity contribution in [1.82, 2.24) is 4.57 Å². The van der Waals surface area contributed by atoms with E-state index in [-0.39, 0.29) is 5.92 Å². The molecule has 13 rings (SSSR count). The van der Waals surface area contributed by atoms with E-state index in [2.05, 4.69) is 284 Å². The molecule has 0 N–H and O–H groups in total. The molecule has 1 aromatic heterocycles. The molecule has 11 aromatic carbocycles. The Bertz CT molecular complexity index is 3760. The van der Waals surface area contributed by atoms with Gasteiger partial charge in [-0.2, -0.15) is 0 Å². The van der Waals surface area contributed by atoms with Gasteiger partial charge in [0.25, 0.3) is 0 Å². The lowest BCUT2D eigenvalue weighted by atomic mass is 9.65. The molecule has 0 amide bonds. The van der Waals surface area contributed by atoms with E-state index in [0.29, 0.717) is 0 Å². The van der Waals surface area contributed by atoms with E-state index >= 15 is 0 Å². The van der Waals surface area contributed by atoms with Gasteiger partial charge in [0.05, 0.1) is 16.4 Å². The van der Waals surface area contributed by atoms with Gasteiger partial charge in [-0.1, -0.05) is 249 Å². The normalized spacial score (nSPS) is 13.0. The van der Waals surface area contributed by atoms with Gasteiger partial charge in [-0.3, -0.25) is 0 Å². The topological polar surface area (TPSA) is 4.93 Å². The molecule has 70 heavy (non-hydrogen) atoms. The van der Waals surface area contributed by atoms with Gasteiger partial charge in [0.2, 0.25) is 0 Å². The molecule has 0 saturated carbocycles. The monoisotopic (exact) mass is 891 g/mol. The first-order valence-electron chi connectivity index (χ1n) is 24.5. The van der Waals surface area contributed by atoms with Crippen molar-refractivity contribution in [2.45, 2.75) is 17.8 Å². The summed E-state index contributed by atoms with van der Waals surface area (Å²) < 4.78 is 2.41. The number of aromatic nitrogens is 1. The fourth-order valence-corrected chi connectivity index (χ4v) is 11.8. The van der Waals surface area contributed by atoms with Crippen molar-refractivity contribution in [3.8, 4) is 50.2 Å². The third-order valence-electron chi connectivity index (χ3n) is 14.9. The quantitative estimate of drug-likeness (QED) is 0.129. The molecule has 1 atom stereocenters. The van der Waals surface area contributed by atoms with Crippen LogP contribution in [0.25, 0.3) is 72.0 Å². The molecule has 1 heteroatoms. The van der Waals surface area contributed by atoms with Crippen LogP contribution in [0.15, 0.2) is 279 Å². The van der Waals surface area contributed by atoms with Gasteiger partial charge in [0.15, 0.2) is 0 Å². The molecule has 1 unspecified atom stereocenters. The van der Waals surface area contributed by atoms with E-state index in [0.717, 1.165) is 12.1 Å². The Hall–Kier alpha value is -8.78. The van der Waals surface area contributed by atoms with Crippen LogP contribution >= 0.6 is 0 Å². The highest BCUT2D eigenvalue weighted by atomic mass is 15.0. The van der Waals surface area contributed by atoms with E-state index in [1.54, 1.807) is 0 Å². The van der Waals surface area contributed by atoms with Crippen molar-refractivity contribution < 1.29 is 0 Å². The first-order chi connectivity index (χ1) is 34.7. The summed E-state index contributed by atoms with van der Waals surface area (Å²) in [5, 5.41) is 2.49. The van der Waals surface area contributed by atoms with Gasteiger partial charge in [0.1, 0.15) is 0 Å². The highest BCUT2D eigenvalue weighted by molar-refractivity contribution is 6.11. The predicted molar refractivity (Wildman–Crippen MR) is 293 cm³/mol. The Labute approximate surface area is 410 Å². The zero-order valence-electron chi connectivity index (χ0n) is 38.8. The Morgan fingerprint density at radius 1 is 0.357 bits per heavy atom. The lowest BCUT2D eigenvalue weighted by Crippen LogP contribution is -2.29. The number of benzene rings is 11. The van der Waals surface area contributed by atoms with E-state index in [4.69, 9.17) is 0 Å². The summed E-state index contributed by atoms with van der Waals surface area (Å²) in [7, 11) is 0. The maximum Gasteiger partial charge on any atom is 0.0719 e. The van der Waals surface area contributed by atoms with E-state index < -0.39 is 5.41 Å². The molecule has 1 heterocycles. The predicted octanol–water partition coefficient (Wildman–Crippen LogP) is 17.5. The fraction of sp³-hybridized carbons (Fsp3) is 0.0435. The van der Waals surface area contributed by atoms with E-state index in [1.807, 2.05) is 0 Å². The van der Waals surface area contributed by atoms with Gasteiger partial charge >= 0.3 is 0 Å². The van der Waals surface area contributed by atoms with Gasteiger partial charge in [-0.15, -0.1) is 0 Å². The van der Waals surface area contributed by atoms with Crippen LogP contribution in [0, 0.1) is 0 Å². The third kappa shape index (κ3) is 6.85. The van der Waals surface area contributed by atoms with Crippen LogP contribution in [0.1, 0.15) is 44.9 Å². The largest absolute Gasteiger partial charge is 0.309 e. The lowest BCUT2D eigenvalue weighted by molar-refractivity contribution is 0.764. The Morgan fingerprint density at radius 3 is 1.50 bits per heavy atom. The van der Waals surface area contributed by atoms with Gasteiger partial charge in [-0.25, -0.2) is 0 Å². The summed E-state index contributed by atoms with van der Waals surface area (Å²) in [6.07, 6.45) is 0.836. The van der Waals surface area contributed by atoms with Gasteiger partial charge < -0.3 is 4.57 Å². The standard InChI is InChI=1S/C69H49N/c1-6-20-49(21-7-1)51-36-34-48(35-37-51)46-62(53-40-38-52(39-41-53)50-22-8-2-9-23-50)60-44-43-58(54-42-45-66-63(47-54)59-30-17-19-33-65(59)70(66)57-28-14-5-15-29-57)68-67(60)61-31-16-18-32-64(61)69(68,55-24-10-3-11-25-55)56-26-12-4-13-27-56/h1-45,47,62H,46H2. The van der Waals surface area contributed by atoms with Crippen molar-refractivity contribution in [2.75, 3.05) is 0 Å². The molecule has 1 aliphatic carbocycles. The summed E-state index contributed by atoms with van der Waals surface area (Å²) in [4.78, 5) is 0. The Balaban J connectivity index is 1.09. The minimum atomic E-state index is -0.619. The zero-order chi connectivity index (χ0) is 46.4. The summed E-state index contributed by atoms with van der Waals surface area (Å²) in [6, 6.07) is 104. The number of fused-ring (bicyclic) bond motifs is 6. The van der Waals surface area contributed by atoms with Gasteiger partial charge in [0, 0.05) is 22.4 Å². The molecule has 0 aliphatic heterocycles. The summed E-state index contributed by atoms with van der Waals surface area (Å²) >= 11 is 0. The second kappa shape index (κ2) is 17.4. The van der Waals surface area contributed by atoms with Crippen molar-refractivity contribution in [1.29, 1.82) is 0 Å². The summed E-state index contributed by atoms with van der Waals surface area (Å²) in [5.41, 5.74) is 22.0. The smallest absolute Gasteiger partial charge is 0.0719 e. The number of rotatable bonds is 10. The van der Waals surface area contributed by atoms with Crippen LogP contribution < -0.4 is 0 Å². The van der Waals surface area contributed by atoms with Crippen molar-refractivity contribution in [3.63, 3.8) is 0 Å². The first kappa shape index (κ1) is 41.4. The van der Waals surface area contributed by atoms with E-state index in [1.165, 1.54) is 105 Å². The minimum absolute atomic E-state index is 0.0388. The first-order valence-corrected chi connectivity index (χ1v) is 24.5.